The Hall–Kier alpha value is 0.160. The third-order valence-corrected chi connectivity index (χ3v) is 3.40. The van der Waals surface area contributed by atoms with Crippen LogP contribution in [-0.2, 0) is 11.3 Å². The molecule has 0 spiro atoms. The van der Waals surface area contributed by atoms with Gasteiger partial charge in [-0.15, -0.1) is 12.4 Å². The van der Waals surface area contributed by atoms with Gasteiger partial charge in [0.15, 0.2) is 0 Å². The van der Waals surface area contributed by atoms with E-state index in [1.165, 1.54) is 9.13 Å². The van der Waals surface area contributed by atoms with Gasteiger partial charge in [-0.3, -0.25) is 0 Å². The van der Waals surface area contributed by atoms with E-state index in [-0.39, 0.29) is 12.4 Å². The van der Waals surface area contributed by atoms with Gasteiger partial charge in [-0.25, -0.2) is 0 Å². The van der Waals surface area contributed by atoms with Gasteiger partial charge < -0.3 is 10.1 Å². The van der Waals surface area contributed by atoms with E-state index in [2.05, 4.69) is 52.2 Å². The minimum atomic E-state index is 0. The smallest absolute Gasteiger partial charge is 0.0720 e. The molecule has 16 heavy (non-hydrogen) atoms. The zero-order valence-corrected chi connectivity index (χ0v) is 12.1. The number of hydrogen-bond acceptors (Lipinski definition) is 2. The first-order chi connectivity index (χ1) is 7.34. The summed E-state index contributed by atoms with van der Waals surface area (Å²) in [5.41, 5.74) is 1.27. The van der Waals surface area contributed by atoms with Crippen LogP contribution < -0.4 is 5.32 Å². The highest BCUT2D eigenvalue weighted by Crippen LogP contribution is 2.12. The summed E-state index contributed by atoms with van der Waals surface area (Å²) in [6.07, 6.45) is 2.74. The molecule has 1 heterocycles. The van der Waals surface area contributed by atoms with Crippen molar-refractivity contribution in [2.45, 2.75) is 25.6 Å². The van der Waals surface area contributed by atoms with Crippen LogP contribution in [0.2, 0.25) is 0 Å². The highest BCUT2D eigenvalue weighted by molar-refractivity contribution is 14.1. The molecule has 2 nitrogen and oxygen atoms in total. The fourth-order valence-corrected chi connectivity index (χ4v) is 2.12. The van der Waals surface area contributed by atoms with E-state index in [4.69, 9.17) is 4.74 Å². The second kappa shape index (κ2) is 7.48. The topological polar surface area (TPSA) is 21.3 Å². The van der Waals surface area contributed by atoms with Crippen LogP contribution >= 0.6 is 35.0 Å². The molecular weight excluding hydrogens is 336 g/mol. The monoisotopic (exact) mass is 353 g/mol. The standard InChI is InChI=1S/C12H16INO.ClH/c13-11-3-1-10(2-4-11)9-15-12-5-7-14-8-6-12;/h1-4,12,14H,5-9H2;1H. The molecule has 1 aliphatic heterocycles. The van der Waals surface area contributed by atoms with Crippen molar-refractivity contribution in [1.82, 2.24) is 5.32 Å². The van der Waals surface area contributed by atoms with Gasteiger partial charge in [-0.05, 0) is 66.2 Å². The molecule has 0 atom stereocenters. The highest BCUT2D eigenvalue weighted by Gasteiger charge is 2.12. The Kier molecular flexibility index (Phi) is 6.65. The Labute approximate surface area is 117 Å². The average Bonchev–Trinajstić information content (AvgIpc) is 2.30. The van der Waals surface area contributed by atoms with Crippen LogP contribution in [0.25, 0.3) is 0 Å². The number of rotatable bonds is 3. The van der Waals surface area contributed by atoms with Gasteiger partial charge in [0.1, 0.15) is 0 Å². The largest absolute Gasteiger partial charge is 0.373 e. The molecule has 0 aromatic heterocycles. The minimum Gasteiger partial charge on any atom is -0.373 e. The van der Waals surface area contributed by atoms with Crippen molar-refractivity contribution in [2.24, 2.45) is 0 Å². The normalized spacial score (nSPS) is 16.8. The van der Waals surface area contributed by atoms with Crippen molar-refractivity contribution in [2.75, 3.05) is 13.1 Å². The van der Waals surface area contributed by atoms with Crippen molar-refractivity contribution in [3.63, 3.8) is 0 Å². The molecule has 0 amide bonds. The summed E-state index contributed by atoms with van der Waals surface area (Å²) < 4.78 is 7.14. The van der Waals surface area contributed by atoms with Crippen LogP contribution in [0.4, 0.5) is 0 Å². The molecule has 1 saturated heterocycles. The van der Waals surface area contributed by atoms with Crippen LogP contribution in [-0.4, -0.2) is 19.2 Å². The summed E-state index contributed by atoms with van der Waals surface area (Å²) in [5, 5.41) is 3.34. The maximum atomic E-state index is 5.87. The summed E-state index contributed by atoms with van der Waals surface area (Å²) in [4.78, 5) is 0. The molecule has 0 radical (unpaired) electrons. The second-order valence-electron chi connectivity index (χ2n) is 3.89. The summed E-state index contributed by atoms with van der Waals surface area (Å²) >= 11 is 2.32. The van der Waals surface area contributed by atoms with Crippen LogP contribution in [0.1, 0.15) is 18.4 Å². The number of halogens is 2. The fraction of sp³-hybridized carbons (Fsp3) is 0.500. The zero-order valence-electron chi connectivity index (χ0n) is 9.12. The van der Waals surface area contributed by atoms with Crippen LogP contribution in [0, 0.1) is 3.57 Å². The Morgan fingerprint density at radius 2 is 1.81 bits per heavy atom. The van der Waals surface area contributed by atoms with Gasteiger partial charge in [0, 0.05) is 3.57 Å². The predicted octanol–water partition coefficient (Wildman–Crippen LogP) is 2.98. The Balaban J connectivity index is 0.00000128. The molecule has 1 fully saturated rings. The van der Waals surface area contributed by atoms with Gasteiger partial charge in [0.05, 0.1) is 12.7 Å². The molecule has 2 rings (SSSR count). The molecule has 1 aromatic carbocycles. The summed E-state index contributed by atoms with van der Waals surface area (Å²) in [6.45, 7) is 2.94. The Morgan fingerprint density at radius 1 is 1.19 bits per heavy atom. The lowest BCUT2D eigenvalue weighted by molar-refractivity contribution is 0.0212. The molecule has 0 aliphatic carbocycles. The van der Waals surface area contributed by atoms with E-state index in [9.17, 15) is 0 Å². The summed E-state index contributed by atoms with van der Waals surface area (Å²) in [7, 11) is 0. The van der Waals surface area contributed by atoms with Crippen LogP contribution in [0.15, 0.2) is 24.3 Å². The minimum absolute atomic E-state index is 0. The lowest BCUT2D eigenvalue weighted by Gasteiger charge is -2.22. The molecule has 0 bridgehead atoms. The number of ether oxygens (including phenoxy) is 1. The molecule has 90 valence electrons. The van der Waals surface area contributed by atoms with E-state index >= 15 is 0 Å². The number of nitrogens with one attached hydrogen (secondary N) is 1. The zero-order chi connectivity index (χ0) is 10.5. The predicted molar refractivity (Wildman–Crippen MR) is 77.1 cm³/mol. The average molecular weight is 354 g/mol. The lowest BCUT2D eigenvalue weighted by atomic mass is 10.1. The maximum Gasteiger partial charge on any atom is 0.0720 e. The number of hydrogen-bond donors (Lipinski definition) is 1. The second-order valence-corrected chi connectivity index (χ2v) is 5.13. The number of piperidine rings is 1. The fourth-order valence-electron chi connectivity index (χ4n) is 1.76. The summed E-state index contributed by atoms with van der Waals surface area (Å²) in [6, 6.07) is 8.54. The van der Waals surface area contributed by atoms with Crippen molar-refractivity contribution < 1.29 is 4.74 Å². The van der Waals surface area contributed by atoms with Crippen molar-refractivity contribution in [1.29, 1.82) is 0 Å². The number of benzene rings is 1. The Morgan fingerprint density at radius 3 is 2.44 bits per heavy atom. The third-order valence-electron chi connectivity index (χ3n) is 2.69. The molecular formula is C12H17ClINO. The SMILES string of the molecule is Cl.Ic1ccc(COC2CCNCC2)cc1. The van der Waals surface area contributed by atoms with E-state index in [1.54, 1.807) is 0 Å². The molecule has 0 saturated carbocycles. The molecule has 1 aromatic rings. The summed E-state index contributed by atoms with van der Waals surface area (Å²) in [5.74, 6) is 0. The van der Waals surface area contributed by atoms with Crippen molar-refractivity contribution in [3.05, 3.63) is 33.4 Å². The van der Waals surface area contributed by atoms with Gasteiger partial charge >= 0.3 is 0 Å². The van der Waals surface area contributed by atoms with Gasteiger partial charge in [0.25, 0.3) is 0 Å². The highest BCUT2D eigenvalue weighted by atomic mass is 127. The molecule has 0 unspecified atom stereocenters. The lowest BCUT2D eigenvalue weighted by Crippen LogP contribution is -2.32. The van der Waals surface area contributed by atoms with Crippen LogP contribution in [0.5, 0.6) is 0 Å². The van der Waals surface area contributed by atoms with Crippen molar-refractivity contribution >= 4 is 35.0 Å². The van der Waals surface area contributed by atoms with E-state index in [0.29, 0.717) is 6.10 Å². The van der Waals surface area contributed by atoms with Gasteiger partial charge in [0.2, 0.25) is 0 Å². The van der Waals surface area contributed by atoms with E-state index in [1.807, 2.05) is 0 Å². The first-order valence-electron chi connectivity index (χ1n) is 5.41. The first-order valence-corrected chi connectivity index (χ1v) is 6.49. The van der Waals surface area contributed by atoms with Crippen molar-refractivity contribution in [3.8, 4) is 0 Å². The van der Waals surface area contributed by atoms with Crippen LogP contribution in [0.3, 0.4) is 0 Å². The maximum absolute atomic E-state index is 5.87. The third kappa shape index (κ3) is 4.57. The Bertz CT molecular complexity index is 298. The van der Waals surface area contributed by atoms with E-state index in [0.717, 1.165) is 32.5 Å². The van der Waals surface area contributed by atoms with Gasteiger partial charge in [-0.2, -0.15) is 0 Å². The first kappa shape index (κ1) is 14.2. The molecule has 1 N–H and O–H groups in total. The molecule has 1 aliphatic rings. The molecule has 4 heteroatoms. The quantitative estimate of drug-likeness (QED) is 0.844. The van der Waals surface area contributed by atoms with Gasteiger partial charge in [-0.1, -0.05) is 12.1 Å². The van der Waals surface area contributed by atoms with E-state index < -0.39 is 0 Å².